The molecule has 0 aliphatic heterocycles. The van der Waals surface area contributed by atoms with Crippen LogP contribution in [-0.4, -0.2) is 15.0 Å². The molecular weight excluding hydrogens is 380 g/mol. The predicted octanol–water partition coefficient (Wildman–Crippen LogP) is 4.37. The lowest BCUT2D eigenvalue weighted by Gasteiger charge is -2.11. The average molecular weight is 396 g/mol. The van der Waals surface area contributed by atoms with Gasteiger partial charge in [-0.1, -0.05) is 24.3 Å². The van der Waals surface area contributed by atoms with Gasteiger partial charge in [0.15, 0.2) is 11.5 Å². The maximum absolute atomic E-state index is 10.8. The van der Waals surface area contributed by atoms with Gasteiger partial charge in [0.1, 0.15) is 19.0 Å². The first-order valence-electron chi connectivity index (χ1n) is 8.47. The zero-order chi connectivity index (χ0) is 20.8. The molecule has 0 bridgehead atoms. The highest BCUT2D eigenvalue weighted by atomic mass is 16.6. The lowest BCUT2D eigenvalue weighted by atomic mass is 10.2. The van der Waals surface area contributed by atoms with E-state index in [1.54, 1.807) is 24.3 Å². The molecule has 3 rings (SSSR count). The molecule has 0 fully saturated rings. The fourth-order valence-corrected chi connectivity index (χ4v) is 2.55. The number of benzene rings is 3. The molecule has 0 aliphatic rings. The third kappa shape index (κ3) is 5.19. The number of non-ortho nitro benzene ring substituents is 2. The van der Waals surface area contributed by atoms with Crippen LogP contribution in [0, 0.1) is 20.2 Å². The van der Waals surface area contributed by atoms with E-state index >= 15 is 0 Å². The minimum atomic E-state index is -0.497. The molecular formula is C20H16N2O7. The van der Waals surface area contributed by atoms with E-state index in [4.69, 9.17) is 9.47 Å². The summed E-state index contributed by atoms with van der Waals surface area (Å²) in [5.41, 5.74) is 1.11. The Kier molecular flexibility index (Phi) is 5.88. The zero-order valence-corrected chi connectivity index (χ0v) is 15.1. The molecule has 0 atom stereocenters. The molecule has 3 aromatic rings. The van der Waals surface area contributed by atoms with Gasteiger partial charge < -0.3 is 14.6 Å². The Morgan fingerprint density at radius 1 is 0.759 bits per heavy atom. The molecule has 29 heavy (non-hydrogen) atoms. The van der Waals surface area contributed by atoms with Crippen LogP contribution in [0.15, 0.2) is 66.7 Å². The third-order valence-electron chi connectivity index (χ3n) is 3.97. The van der Waals surface area contributed by atoms with Crippen LogP contribution in [0.25, 0.3) is 0 Å². The van der Waals surface area contributed by atoms with Gasteiger partial charge in [0.2, 0.25) is 0 Å². The first kappa shape index (κ1) is 19.6. The van der Waals surface area contributed by atoms with Crippen molar-refractivity contribution in [2.75, 3.05) is 0 Å². The third-order valence-corrected chi connectivity index (χ3v) is 3.97. The van der Waals surface area contributed by atoms with Crippen molar-refractivity contribution in [1.82, 2.24) is 0 Å². The molecule has 0 heterocycles. The Morgan fingerprint density at radius 3 is 1.86 bits per heavy atom. The van der Waals surface area contributed by atoms with Gasteiger partial charge in [-0.3, -0.25) is 20.2 Å². The molecule has 0 aliphatic carbocycles. The second kappa shape index (κ2) is 8.70. The molecule has 0 spiro atoms. The lowest BCUT2D eigenvalue weighted by Crippen LogP contribution is -1.99. The molecule has 0 aromatic heterocycles. The summed E-state index contributed by atoms with van der Waals surface area (Å²) in [5.74, 6) is 0.425. The summed E-state index contributed by atoms with van der Waals surface area (Å²) < 4.78 is 11.2. The van der Waals surface area contributed by atoms with Gasteiger partial charge in [0.05, 0.1) is 9.85 Å². The molecule has 0 saturated heterocycles. The number of hydrogen-bond donors (Lipinski definition) is 1. The lowest BCUT2D eigenvalue weighted by molar-refractivity contribution is -0.385. The summed E-state index contributed by atoms with van der Waals surface area (Å²) in [7, 11) is 0. The average Bonchev–Trinajstić information content (AvgIpc) is 2.72. The van der Waals surface area contributed by atoms with Crippen LogP contribution in [-0.2, 0) is 13.2 Å². The van der Waals surface area contributed by atoms with Crippen molar-refractivity contribution in [3.8, 4) is 17.2 Å². The van der Waals surface area contributed by atoms with E-state index in [1.165, 1.54) is 42.5 Å². The number of ether oxygens (including phenoxy) is 2. The van der Waals surface area contributed by atoms with Gasteiger partial charge in [-0.05, 0) is 23.3 Å². The predicted molar refractivity (Wildman–Crippen MR) is 103 cm³/mol. The van der Waals surface area contributed by atoms with Gasteiger partial charge in [0, 0.05) is 30.3 Å². The minimum Gasteiger partial charge on any atom is -0.504 e. The summed E-state index contributed by atoms with van der Waals surface area (Å²) in [4.78, 5) is 20.7. The Hall–Kier alpha value is -4.14. The van der Waals surface area contributed by atoms with Gasteiger partial charge >= 0.3 is 0 Å². The monoisotopic (exact) mass is 396 g/mol. The summed E-state index contributed by atoms with van der Waals surface area (Å²) in [6.07, 6.45) is 0. The van der Waals surface area contributed by atoms with E-state index in [0.29, 0.717) is 16.9 Å². The minimum absolute atomic E-state index is 0.0174. The topological polar surface area (TPSA) is 125 Å². The number of nitrogens with zero attached hydrogens (tertiary/aromatic N) is 2. The van der Waals surface area contributed by atoms with E-state index < -0.39 is 9.85 Å². The number of rotatable bonds is 8. The molecule has 9 heteroatoms. The molecule has 3 aromatic carbocycles. The summed E-state index contributed by atoms with van der Waals surface area (Å²) in [6, 6.07) is 16.5. The number of phenols is 1. The molecule has 0 amide bonds. The van der Waals surface area contributed by atoms with Crippen LogP contribution in [0.5, 0.6) is 17.2 Å². The van der Waals surface area contributed by atoms with Crippen molar-refractivity contribution in [3.63, 3.8) is 0 Å². The first-order valence-corrected chi connectivity index (χ1v) is 8.47. The zero-order valence-electron chi connectivity index (χ0n) is 15.1. The molecule has 1 N–H and O–H groups in total. The fraction of sp³-hybridized carbons (Fsp3) is 0.100. The summed E-state index contributed by atoms with van der Waals surface area (Å²) in [6.45, 7) is 0.111. The maximum atomic E-state index is 10.8. The number of phenolic OH excluding ortho intramolecular Hbond substituents is 1. The second-order valence-electron chi connectivity index (χ2n) is 6.06. The highest BCUT2D eigenvalue weighted by Crippen LogP contribution is 2.31. The standard InChI is InChI=1S/C20H16N2O7/c23-19-8-7-18(28-12-14-3-1-5-16(9-14)21(24)25)11-20(19)29-13-15-4-2-6-17(10-15)22(26)27/h1-11,23H,12-13H2. The van der Waals surface area contributed by atoms with Crippen molar-refractivity contribution >= 4 is 11.4 Å². The van der Waals surface area contributed by atoms with Crippen LogP contribution in [0.1, 0.15) is 11.1 Å². The first-order chi connectivity index (χ1) is 13.9. The van der Waals surface area contributed by atoms with Crippen molar-refractivity contribution in [2.24, 2.45) is 0 Å². The molecule has 148 valence electrons. The Bertz CT molecular complexity index is 1050. The van der Waals surface area contributed by atoms with Gasteiger partial charge in [-0.15, -0.1) is 0 Å². The molecule has 0 saturated carbocycles. The Labute approximate surface area is 165 Å². The number of aromatic hydroxyl groups is 1. The SMILES string of the molecule is O=[N+]([O-])c1cccc(COc2ccc(O)c(OCc3cccc([N+](=O)[O-])c3)c2)c1. The highest BCUT2D eigenvalue weighted by molar-refractivity contribution is 5.45. The highest BCUT2D eigenvalue weighted by Gasteiger charge is 2.10. The Morgan fingerprint density at radius 2 is 1.31 bits per heavy atom. The van der Waals surface area contributed by atoms with Crippen LogP contribution >= 0.6 is 0 Å². The summed E-state index contributed by atoms with van der Waals surface area (Å²) in [5, 5.41) is 31.7. The van der Waals surface area contributed by atoms with Crippen LogP contribution < -0.4 is 9.47 Å². The van der Waals surface area contributed by atoms with Crippen LogP contribution in [0.3, 0.4) is 0 Å². The normalized spacial score (nSPS) is 10.3. The van der Waals surface area contributed by atoms with Crippen molar-refractivity contribution in [3.05, 3.63) is 98.1 Å². The van der Waals surface area contributed by atoms with Crippen LogP contribution in [0.2, 0.25) is 0 Å². The quantitative estimate of drug-likeness (QED) is 0.443. The van der Waals surface area contributed by atoms with E-state index in [1.807, 2.05) is 0 Å². The van der Waals surface area contributed by atoms with Crippen molar-refractivity contribution < 1.29 is 24.4 Å². The largest absolute Gasteiger partial charge is 0.504 e. The Balaban J connectivity index is 1.66. The molecule has 0 unspecified atom stereocenters. The van der Waals surface area contributed by atoms with Crippen molar-refractivity contribution in [2.45, 2.75) is 13.2 Å². The van der Waals surface area contributed by atoms with E-state index in [0.717, 1.165) is 0 Å². The smallest absolute Gasteiger partial charge is 0.269 e. The number of hydrogen-bond acceptors (Lipinski definition) is 7. The van der Waals surface area contributed by atoms with E-state index in [-0.39, 0.29) is 36.1 Å². The fourth-order valence-electron chi connectivity index (χ4n) is 2.55. The van der Waals surface area contributed by atoms with Gasteiger partial charge in [-0.25, -0.2) is 0 Å². The van der Waals surface area contributed by atoms with Crippen molar-refractivity contribution in [1.29, 1.82) is 0 Å². The van der Waals surface area contributed by atoms with Gasteiger partial charge in [0.25, 0.3) is 11.4 Å². The number of nitro benzene ring substituents is 2. The van der Waals surface area contributed by atoms with E-state index in [9.17, 15) is 25.3 Å². The summed E-state index contributed by atoms with van der Waals surface area (Å²) >= 11 is 0. The molecule has 0 radical (unpaired) electrons. The van der Waals surface area contributed by atoms with E-state index in [2.05, 4.69) is 0 Å². The van der Waals surface area contributed by atoms with Crippen LogP contribution in [0.4, 0.5) is 11.4 Å². The molecule has 9 nitrogen and oxygen atoms in total. The number of nitro groups is 2. The second-order valence-corrected chi connectivity index (χ2v) is 6.06. The maximum Gasteiger partial charge on any atom is 0.269 e. The van der Waals surface area contributed by atoms with Gasteiger partial charge in [-0.2, -0.15) is 0 Å².